The van der Waals surface area contributed by atoms with Crippen molar-refractivity contribution in [1.29, 1.82) is 0 Å². The van der Waals surface area contributed by atoms with Gasteiger partial charge in [-0.05, 0) is 52.2 Å². The lowest BCUT2D eigenvalue weighted by Gasteiger charge is -2.18. The van der Waals surface area contributed by atoms with Gasteiger partial charge >= 0.3 is 0 Å². The van der Waals surface area contributed by atoms with E-state index in [-0.39, 0.29) is 6.04 Å². The monoisotopic (exact) mass is 221 g/mol. The average Bonchev–Trinajstić information content (AvgIpc) is 2.65. The van der Waals surface area contributed by atoms with Crippen molar-refractivity contribution in [2.45, 2.75) is 52.1 Å². The second-order valence-electron chi connectivity index (χ2n) is 4.46. The van der Waals surface area contributed by atoms with Crippen LogP contribution < -0.4 is 5.32 Å². The van der Waals surface area contributed by atoms with Crippen molar-refractivity contribution in [3.05, 3.63) is 36.3 Å². The summed E-state index contributed by atoms with van der Waals surface area (Å²) in [5.74, 6) is 2.00. The van der Waals surface area contributed by atoms with E-state index in [0.29, 0.717) is 6.04 Å². The molecule has 1 aromatic rings. The number of unbranched alkanes of at least 4 members (excludes halogenated alkanes) is 1. The van der Waals surface area contributed by atoms with E-state index >= 15 is 0 Å². The van der Waals surface area contributed by atoms with Crippen LogP contribution in [0.4, 0.5) is 0 Å². The van der Waals surface area contributed by atoms with E-state index in [1.807, 2.05) is 25.1 Å². The van der Waals surface area contributed by atoms with Gasteiger partial charge in [-0.15, -0.1) is 6.58 Å². The number of furan rings is 1. The molecular weight excluding hydrogens is 198 g/mol. The first kappa shape index (κ1) is 13.0. The zero-order valence-electron chi connectivity index (χ0n) is 10.6. The molecule has 16 heavy (non-hydrogen) atoms. The van der Waals surface area contributed by atoms with Crippen LogP contribution >= 0.6 is 0 Å². The van der Waals surface area contributed by atoms with E-state index < -0.39 is 0 Å². The molecule has 0 aliphatic carbocycles. The van der Waals surface area contributed by atoms with E-state index in [2.05, 4.69) is 25.7 Å². The highest BCUT2D eigenvalue weighted by Gasteiger charge is 2.11. The standard InChI is InChI=1S/C14H23NO/c1-5-6-7-8-11(2)15-13(4)14-10-9-12(3)16-14/h5,9-11,13,15H,1,6-8H2,2-4H3. The van der Waals surface area contributed by atoms with E-state index in [0.717, 1.165) is 17.9 Å². The molecular formula is C14H23NO. The summed E-state index contributed by atoms with van der Waals surface area (Å²) in [4.78, 5) is 0. The molecule has 2 nitrogen and oxygen atoms in total. The number of rotatable bonds is 7. The van der Waals surface area contributed by atoms with Gasteiger partial charge in [0.15, 0.2) is 0 Å². The van der Waals surface area contributed by atoms with Crippen molar-refractivity contribution in [3.63, 3.8) is 0 Å². The first-order chi connectivity index (χ1) is 7.63. The summed E-state index contributed by atoms with van der Waals surface area (Å²) in [6.07, 6.45) is 5.45. The number of allylic oxidation sites excluding steroid dienone is 1. The smallest absolute Gasteiger partial charge is 0.120 e. The first-order valence-electron chi connectivity index (χ1n) is 6.06. The predicted molar refractivity (Wildman–Crippen MR) is 68.5 cm³/mol. The normalized spacial score (nSPS) is 14.7. The fourth-order valence-electron chi connectivity index (χ4n) is 1.85. The minimum atomic E-state index is 0.285. The van der Waals surface area contributed by atoms with Crippen molar-refractivity contribution < 1.29 is 4.42 Å². The summed E-state index contributed by atoms with van der Waals surface area (Å²) in [6.45, 7) is 10.1. The molecule has 1 heterocycles. The number of hydrogen-bond acceptors (Lipinski definition) is 2. The fraction of sp³-hybridized carbons (Fsp3) is 0.571. The molecule has 2 atom stereocenters. The van der Waals surface area contributed by atoms with Gasteiger partial charge < -0.3 is 9.73 Å². The number of hydrogen-bond donors (Lipinski definition) is 1. The van der Waals surface area contributed by atoms with Crippen molar-refractivity contribution in [1.82, 2.24) is 5.32 Å². The van der Waals surface area contributed by atoms with Gasteiger partial charge in [0, 0.05) is 6.04 Å². The Balaban J connectivity index is 2.33. The summed E-state index contributed by atoms with van der Waals surface area (Å²) in [5.41, 5.74) is 0. The summed E-state index contributed by atoms with van der Waals surface area (Å²) in [7, 11) is 0. The van der Waals surface area contributed by atoms with E-state index in [9.17, 15) is 0 Å². The molecule has 0 aliphatic heterocycles. The van der Waals surface area contributed by atoms with Gasteiger partial charge in [-0.1, -0.05) is 6.08 Å². The van der Waals surface area contributed by atoms with Crippen LogP contribution in [0, 0.1) is 6.92 Å². The molecule has 0 spiro atoms. The molecule has 2 heteroatoms. The fourth-order valence-corrected chi connectivity index (χ4v) is 1.85. The van der Waals surface area contributed by atoms with Gasteiger partial charge in [-0.2, -0.15) is 0 Å². The van der Waals surface area contributed by atoms with Crippen LogP contribution in [-0.2, 0) is 0 Å². The maximum absolute atomic E-state index is 5.59. The van der Waals surface area contributed by atoms with Crippen LogP contribution in [-0.4, -0.2) is 6.04 Å². The van der Waals surface area contributed by atoms with E-state index in [4.69, 9.17) is 4.42 Å². The third-order valence-corrected chi connectivity index (χ3v) is 2.77. The highest BCUT2D eigenvalue weighted by atomic mass is 16.3. The van der Waals surface area contributed by atoms with Gasteiger partial charge in [0.1, 0.15) is 11.5 Å². The molecule has 0 saturated heterocycles. The molecule has 1 aromatic heterocycles. The van der Waals surface area contributed by atoms with Gasteiger partial charge in [-0.3, -0.25) is 0 Å². The van der Waals surface area contributed by atoms with Gasteiger partial charge in [0.2, 0.25) is 0 Å². The van der Waals surface area contributed by atoms with Gasteiger partial charge in [-0.25, -0.2) is 0 Å². The topological polar surface area (TPSA) is 25.2 Å². The zero-order valence-corrected chi connectivity index (χ0v) is 10.6. The molecule has 1 rings (SSSR count). The molecule has 1 N–H and O–H groups in total. The Kier molecular flexibility index (Phi) is 5.33. The Bertz CT molecular complexity index is 316. The molecule has 0 aliphatic rings. The molecule has 0 radical (unpaired) electrons. The van der Waals surface area contributed by atoms with Crippen LogP contribution in [0.25, 0.3) is 0 Å². The minimum absolute atomic E-state index is 0.285. The second kappa shape index (κ2) is 6.54. The SMILES string of the molecule is C=CCCCC(C)NC(C)c1ccc(C)o1. The Morgan fingerprint density at radius 3 is 2.75 bits per heavy atom. The second-order valence-corrected chi connectivity index (χ2v) is 4.46. The maximum Gasteiger partial charge on any atom is 0.120 e. The van der Waals surface area contributed by atoms with Gasteiger partial charge in [0.05, 0.1) is 6.04 Å². The van der Waals surface area contributed by atoms with Crippen LogP contribution in [0.15, 0.2) is 29.2 Å². The lowest BCUT2D eigenvalue weighted by molar-refractivity contribution is 0.377. The number of nitrogens with one attached hydrogen (secondary N) is 1. The summed E-state index contributed by atoms with van der Waals surface area (Å²) < 4.78 is 5.59. The largest absolute Gasteiger partial charge is 0.465 e. The Labute approximate surface area is 98.7 Å². The molecule has 90 valence electrons. The van der Waals surface area contributed by atoms with Crippen LogP contribution in [0.5, 0.6) is 0 Å². The van der Waals surface area contributed by atoms with Crippen LogP contribution in [0.1, 0.15) is 50.7 Å². The van der Waals surface area contributed by atoms with Crippen molar-refractivity contribution in [2.75, 3.05) is 0 Å². The van der Waals surface area contributed by atoms with Crippen LogP contribution in [0.3, 0.4) is 0 Å². The van der Waals surface area contributed by atoms with Gasteiger partial charge in [0.25, 0.3) is 0 Å². The van der Waals surface area contributed by atoms with E-state index in [1.54, 1.807) is 0 Å². The Morgan fingerprint density at radius 1 is 1.44 bits per heavy atom. The molecule has 0 aromatic carbocycles. The quantitative estimate of drug-likeness (QED) is 0.556. The first-order valence-corrected chi connectivity index (χ1v) is 6.06. The highest BCUT2D eigenvalue weighted by Crippen LogP contribution is 2.17. The van der Waals surface area contributed by atoms with E-state index in [1.165, 1.54) is 12.8 Å². The molecule has 0 fully saturated rings. The van der Waals surface area contributed by atoms with Crippen molar-refractivity contribution in [3.8, 4) is 0 Å². The Morgan fingerprint density at radius 2 is 2.19 bits per heavy atom. The maximum atomic E-state index is 5.59. The predicted octanol–water partition coefficient (Wildman–Crippen LogP) is 3.98. The van der Waals surface area contributed by atoms with Crippen molar-refractivity contribution in [2.24, 2.45) is 0 Å². The molecule has 2 unspecified atom stereocenters. The highest BCUT2D eigenvalue weighted by molar-refractivity contribution is 5.09. The lowest BCUT2D eigenvalue weighted by Crippen LogP contribution is -2.28. The Hall–Kier alpha value is -1.02. The lowest BCUT2D eigenvalue weighted by atomic mass is 10.1. The molecule has 0 saturated carbocycles. The summed E-state index contributed by atoms with van der Waals surface area (Å²) in [6, 6.07) is 4.85. The summed E-state index contributed by atoms with van der Waals surface area (Å²) in [5, 5.41) is 3.54. The van der Waals surface area contributed by atoms with Crippen molar-refractivity contribution >= 4 is 0 Å². The third kappa shape index (κ3) is 4.23. The zero-order chi connectivity index (χ0) is 12.0. The summed E-state index contributed by atoms with van der Waals surface area (Å²) >= 11 is 0. The molecule has 0 bridgehead atoms. The average molecular weight is 221 g/mol. The number of aryl methyl sites for hydroxylation is 1. The third-order valence-electron chi connectivity index (χ3n) is 2.77. The molecule has 0 amide bonds. The van der Waals surface area contributed by atoms with Crippen LogP contribution in [0.2, 0.25) is 0 Å². The minimum Gasteiger partial charge on any atom is -0.465 e.